The van der Waals surface area contributed by atoms with Crippen molar-refractivity contribution in [2.45, 2.75) is 44.2 Å². The van der Waals surface area contributed by atoms with E-state index >= 15 is 0 Å². The summed E-state index contributed by atoms with van der Waals surface area (Å²) in [5.74, 6) is -1.44. The highest BCUT2D eigenvalue weighted by atomic mass is 16.6. The first-order valence-electron chi connectivity index (χ1n) is 6.50. The second-order valence-corrected chi connectivity index (χ2v) is 4.86. The monoisotopic (exact) mass is 270 g/mol. The van der Waals surface area contributed by atoms with Crippen LogP contribution in [0.4, 0.5) is 0 Å². The van der Waals surface area contributed by atoms with Gasteiger partial charge >= 0.3 is 5.97 Å². The molecule has 1 amide bonds. The average molecular weight is 270 g/mol. The SMILES string of the molecule is O=C(O)C1=NOC(C(=O)N2CCCCCC2CO)C1. The summed E-state index contributed by atoms with van der Waals surface area (Å²) in [5.41, 5.74) is -0.131. The maximum atomic E-state index is 12.3. The van der Waals surface area contributed by atoms with E-state index in [0.717, 1.165) is 25.7 Å². The Balaban J connectivity index is 2.00. The molecular weight excluding hydrogens is 252 g/mol. The maximum absolute atomic E-state index is 12.3. The Labute approximate surface area is 110 Å². The van der Waals surface area contributed by atoms with Gasteiger partial charge in [-0.1, -0.05) is 18.0 Å². The van der Waals surface area contributed by atoms with E-state index < -0.39 is 12.1 Å². The molecule has 2 heterocycles. The fourth-order valence-corrected chi connectivity index (χ4v) is 2.48. The van der Waals surface area contributed by atoms with Crippen molar-refractivity contribution in [3.8, 4) is 0 Å². The smallest absolute Gasteiger partial charge is 0.353 e. The van der Waals surface area contributed by atoms with Crippen LogP contribution in [0.25, 0.3) is 0 Å². The van der Waals surface area contributed by atoms with E-state index in [1.165, 1.54) is 0 Å². The molecule has 0 bridgehead atoms. The molecule has 0 aromatic rings. The molecule has 106 valence electrons. The van der Waals surface area contributed by atoms with Crippen molar-refractivity contribution in [2.24, 2.45) is 5.16 Å². The number of carboxylic acid groups (broad SMARTS) is 1. The van der Waals surface area contributed by atoms with E-state index in [9.17, 15) is 14.7 Å². The number of carbonyl (C=O) groups excluding carboxylic acids is 1. The summed E-state index contributed by atoms with van der Waals surface area (Å²) in [6.45, 7) is 0.497. The maximum Gasteiger partial charge on any atom is 0.353 e. The van der Waals surface area contributed by atoms with E-state index in [1.807, 2.05) is 0 Å². The first kappa shape index (κ1) is 13.8. The summed E-state index contributed by atoms with van der Waals surface area (Å²) in [6.07, 6.45) is 2.80. The fourth-order valence-electron chi connectivity index (χ4n) is 2.48. The van der Waals surface area contributed by atoms with Crippen molar-refractivity contribution in [3.05, 3.63) is 0 Å². The van der Waals surface area contributed by atoms with Crippen LogP contribution in [-0.2, 0) is 14.4 Å². The normalized spacial score (nSPS) is 27.4. The number of carbonyl (C=O) groups is 2. The van der Waals surface area contributed by atoms with Crippen LogP contribution in [0, 0.1) is 0 Å². The minimum atomic E-state index is -1.16. The predicted molar refractivity (Wildman–Crippen MR) is 65.6 cm³/mol. The number of hydrogen-bond acceptors (Lipinski definition) is 5. The highest BCUT2D eigenvalue weighted by Crippen LogP contribution is 2.21. The molecule has 2 aliphatic heterocycles. The second-order valence-electron chi connectivity index (χ2n) is 4.86. The van der Waals surface area contributed by atoms with Gasteiger partial charge in [0.25, 0.3) is 5.91 Å². The van der Waals surface area contributed by atoms with Crippen LogP contribution in [0.5, 0.6) is 0 Å². The van der Waals surface area contributed by atoms with E-state index in [1.54, 1.807) is 4.90 Å². The number of likely N-dealkylation sites (tertiary alicyclic amines) is 1. The molecule has 1 fully saturated rings. The fraction of sp³-hybridized carbons (Fsp3) is 0.750. The van der Waals surface area contributed by atoms with Gasteiger partial charge in [0.15, 0.2) is 5.71 Å². The Morgan fingerprint density at radius 3 is 2.79 bits per heavy atom. The van der Waals surface area contributed by atoms with Gasteiger partial charge in [-0.2, -0.15) is 0 Å². The second kappa shape index (κ2) is 6.01. The average Bonchev–Trinajstić information content (AvgIpc) is 2.77. The summed E-state index contributed by atoms with van der Waals surface area (Å²) in [6, 6.07) is -0.201. The molecule has 0 aromatic carbocycles. The van der Waals surface area contributed by atoms with Crippen LogP contribution in [0.15, 0.2) is 5.16 Å². The highest BCUT2D eigenvalue weighted by Gasteiger charge is 2.37. The van der Waals surface area contributed by atoms with Crippen LogP contribution in [0.1, 0.15) is 32.1 Å². The summed E-state index contributed by atoms with van der Waals surface area (Å²) in [5, 5.41) is 21.6. The van der Waals surface area contributed by atoms with E-state index in [-0.39, 0.29) is 30.7 Å². The van der Waals surface area contributed by atoms with E-state index in [0.29, 0.717) is 6.54 Å². The van der Waals surface area contributed by atoms with Gasteiger partial charge in [-0.15, -0.1) is 0 Å². The van der Waals surface area contributed by atoms with Gasteiger partial charge in [-0.25, -0.2) is 4.79 Å². The van der Waals surface area contributed by atoms with Gasteiger partial charge in [0.1, 0.15) is 0 Å². The first-order chi connectivity index (χ1) is 9.13. The quantitative estimate of drug-likeness (QED) is 0.750. The van der Waals surface area contributed by atoms with Gasteiger partial charge < -0.3 is 20.0 Å². The topological polar surface area (TPSA) is 99.4 Å². The predicted octanol–water partition coefficient (Wildman–Crippen LogP) is -0.0206. The number of nitrogens with zero attached hydrogens (tertiary/aromatic N) is 2. The highest BCUT2D eigenvalue weighted by molar-refractivity contribution is 6.36. The zero-order valence-corrected chi connectivity index (χ0v) is 10.6. The van der Waals surface area contributed by atoms with Gasteiger partial charge in [0, 0.05) is 13.0 Å². The van der Waals surface area contributed by atoms with Crippen LogP contribution < -0.4 is 0 Å². The Morgan fingerprint density at radius 2 is 2.16 bits per heavy atom. The molecule has 2 rings (SSSR count). The van der Waals surface area contributed by atoms with Crippen LogP contribution in [0.2, 0.25) is 0 Å². The van der Waals surface area contributed by atoms with Crippen molar-refractivity contribution in [1.29, 1.82) is 0 Å². The summed E-state index contributed by atoms with van der Waals surface area (Å²) in [4.78, 5) is 29.6. The lowest BCUT2D eigenvalue weighted by Crippen LogP contribution is -2.47. The minimum absolute atomic E-state index is 0.0111. The van der Waals surface area contributed by atoms with Gasteiger partial charge in [0.2, 0.25) is 6.10 Å². The molecular formula is C12H18N2O5. The minimum Gasteiger partial charge on any atom is -0.477 e. The molecule has 1 saturated heterocycles. The number of aliphatic hydroxyl groups excluding tert-OH is 1. The molecule has 7 heteroatoms. The van der Waals surface area contributed by atoms with E-state index in [4.69, 9.17) is 9.94 Å². The third-order valence-electron chi connectivity index (χ3n) is 3.56. The number of carboxylic acids is 1. The molecule has 19 heavy (non-hydrogen) atoms. The summed E-state index contributed by atoms with van der Waals surface area (Å²) < 4.78 is 0. The Hall–Kier alpha value is -1.63. The molecule has 0 aliphatic carbocycles. The molecule has 0 saturated carbocycles. The molecule has 0 radical (unpaired) electrons. The summed E-state index contributed by atoms with van der Waals surface area (Å²) >= 11 is 0. The molecule has 2 unspecified atom stereocenters. The standard InChI is InChI=1S/C12H18N2O5/c15-7-8-4-2-1-3-5-14(8)11(16)10-6-9(12(17)18)13-19-10/h8,10,15H,1-7H2,(H,17,18). The third kappa shape index (κ3) is 3.04. The van der Waals surface area contributed by atoms with Crippen LogP contribution in [0.3, 0.4) is 0 Å². The summed E-state index contributed by atoms with van der Waals surface area (Å²) in [7, 11) is 0. The van der Waals surface area contributed by atoms with Crippen molar-refractivity contribution in [2.75, 3.05) is 13.2 Å². The van der Waals surface area contributed by atoms with Crippen LogP contribution >= 0.6 is 0 Å². The zero-order chi connectivity index (χ0) is 13.8. The van der Waals surface area contributed by atoms with E-state index in [2.05, 4.69) is 5.16 Å². The van der Waals surface area contributed by atoms with Crippen molar-refractivity contribution < 1.29 is 24.6 Å². The number of aliphatic carboxylic acids is 1. The lowest BCUT2D eigenvalue weighted by Gasteiger charge is -2.30. The third-order valence-corrected chi connectivity index (χ3v) is 3.56. The Kier molecular flexibility index (Phi) is 4.36. The lowest BCUT2D eigenvalue weighted by atomic mass is 10.1. The molecule has 7 nitrogen and oxygen atoms in total. The van der Waals surface area contributed by atoms with Crippen molar-refractivity contribution in [3.63, 3.8) is 0 Å². The van der Waals surface area contributed by atoms with Crippen molar-refractivity contribution >= 4 is 17.6 Å². The Morgan fingerprint density at radius 1 is 1.37 bits per heavy atom. The number of oxime groups is 1. The molecule has 2 aliphatic rings. The van der Waals surface area contributed by atoms with Crippen molar-refractivity contribution in [1.82, 2.24) is 4.90 Å². The zero-order valence-electron chi connectivity index (χ0n) is 10.6. The number of amides is 1. The van der Waals surface area contributed by atoms with Gasteiger partial charge in [-0.3, -0.25) is 4.79 Å². The number of aliphatic hydroxyl groups is 1. The van der Waals surface area contributed by atoms with Crippen LogP contribution in [-0.4, -0.2) is 58.0 Å². The molecule has 2 N–H and O–H groups in total. The molecule has 0 aromatic heterocycles. The first-order valence-corrected chi connectivity index (χ1v) is 6.50. The Bertz CT molecular complexity index is 396. The number of hydrogen-bond donors (Lipinski definition) is 2. The molecule has 0 spiro atoms. The van der Waals surface area contributed by atoms with Gasteiger partial charge in [0.05, 0.1) is 12.6 Å². The largest absolute Gasteiger partial charge is 0.477 e. The lowest BCUT2D eigenvalue weighted by molar-refractivity contribution is -0.145. The molecule has 2 atom stereocenters. The number of rotatable bonds is 3. The van der Waals surface area contributed by atoms with Gasteiger partial charge in [-0.05, 0) is 12.8 Å².